The van der Waals surface area contributed by atoms with Crippen molar-refractivity contribution in [3.63, 3.8) is 0 Å². The minimum absolute atomic E-state index is 0. The minimum atomic E-state index is -0.310. The van der Waals surface area contributed by atoms with Gasteiger partial charge >= 0.3 is 0 Å². The molecule has 140 valence electrons. The lowest BCUT2D eigenvalue weighted by molar-refractivity contribution is 0.117. The van der Waals surface area contributed by atoms with E-state index in [0.717, 1.165) is 12.2 Å². The summed E-state index contributed by atoms with van der Waals surface area (Å²) in [6, 6.07) is 10.0. The molecule has 0 aromatic heterocycles. The van der Waals surface area contributed by atoms with E-state index >= 15 is 0 Å². The van der Waals surface area contributed by atoms with Crippen LogP contribution < -0.4 is 10.5 Å². The Morgan fingerprint density at radius 3 is 1.88 bits per heavy atom. The number of hydrogen-bond donors (Lipinski definition) is 1. The van der Waals surface area contributed by atoms with Gasteiger partial charge in [-0.15, -0.1) is 12.4 Å². The van der Waals surface area contributed by atoms with Crippen molar-refractivity contribution in [2.24, 2.45) is 5.73 Å². The zero-order chi connectivity index (χ0) is 17.0. The van der Waals surface area contributed by atoms with Gasteiger partial charge in [0, 0.05) is 5.54 Å². The Balaban J connectivity index is 0.00000529. The normalized spacial score (nSPS) is 12.5. The molecule has 0 spiro atoms. The monoisotopic (exact) mass is 355 g/mol. The summed E-state index contributed by atoms with van der Waals surface area (Å²) in [5.74, 6) is 0.923. The number of ether oxygens (including phenoxy) is 1. The van der Waals surface area contributed by atoms with Gasteiger partial charge in [-0.1, -0.05) is 76.5 Å². The molecular formula is C21H38ClNO. The maximum atomic E-state index is 6.31. The number of unbranched alkanes of at least 4 members (excludes halogenated alkanes) is 8. The van der Waals surface area contributed by atoms with Crippen LogP contribution in [-0.4, -0.2) is 11.6 Å². The van der Waals surface area contributed by atoms with Gasteiger partial charge in [-0.3, -0.25) is 0 Å². The van der Waals surface area contributed by atoms with Crippen LogP contribution in [0.4, 0.5) is 0 Å². The van der Waals surface area contributed by atoms with Crippen molar-refractivity contribution in [2.45, 2.75) is 96.6 Å². The molecule has 0 saturated heterocycles. The van der Waals surface area contributed by atoms with Crippen LogP contribution >= 0.6 is 12.4 Å². The molecule has 1 atom stereocenters. The fraction of sp³-hybridized carbons (Fsp3) is 0.714. The lowest BCUT2D eigenvalue weighted by Crippen LogP contribution is -2.48. The lowest BCUT2D eigenvalue weighted by atomic mass is 9.93. The second-order valence-corrected chi connectivity index (χ2v) is 7.36. The van der Waals surface area contributed by atoms with E-state index in [2.05, 4.69) is 20.8 Å². The molecule has 24 heavy (non-hydrogen) atoms. The van der Waals surface area contributed by atoms with Crippen molar-refractivity contribution in [3.8, 4) is 5.75 Å². The highest BCUT2D eigenvalue weighted by Crippen LogP contribution is 2.21. The van der Waals surface area contributed by atoms with Gasteiger partial charge in [-0.25, -0.2) is 0 Å². The summed E-state index contributed by atoms with van der Waals surface area (Å²) in [5.41, 5.74) is 6.00. The first-order valence-corrected chi connectivity index (χ1v) is 9.54. The topological polar surface area (TPSA) is 35.2 Å². The van der Waals surface area contributed by atoms with Crippen LogP contribution in [0.2, 0.25) is 0 Å². The Bertz CT molecular complexity index is 389. The van der Waals surface area contributed by atoms with Crippen molar-refractivity contribution in [1.29, 1.82) is 0 Å². The quantitative estimate of drug-likeness (QED) is 0.409. The van der Waals surface area contributed by atoms with Crippen LogP contribution in [0, 0.1) is 0 Å². The second kappa shape index (κ2) is 13.5. The van der Waals surface area contributed by atoms with Gasteiger partial charge < -0.3 is 10.5 Å². The summed E-state index contributed by atoms with van der Waals surface area (Å²) in [7, 11) is 0. The fourth-order valence-electron chi connectivity index (χ4n) is 2.89. The molecule has 0 aliphatic rings. The van der Waals surface area contributed by atoms with Gasteiger partial charge in [0.05, 0.1) is 0 Å². The molecule has 3 heteroatoms. The van der Waals surface area contributed by atoms with Crippen LogP contribution in [0.1, 0.15) is 85.0 Å². The van der Waals surface area contributed by atoms with Crippen molar-refractivity contribution in [1.82, 2.24) is 0 Å². The molecule has 1 unspecified atom stereocenters. The fourth-order valence-corrected chi connectivity index (χ4v) is 2.89. The molecule has 2 nitrogen and oxygen atoms in total. The third kappa shape index (κ3) is 10.9. The molecule has 1 rings (SSSR count). The number of hydrogen-bond acceptors (Lipinski definition) is 2. The maximum absolute atomic E-state index is 6.31. The van der Waals surface area contributed by atoms with Gasteiger partial charge in [0.2, 0.25) is 0 Å². The molecule has 0 aliphatic heterocycles. The Labute approximate surface area is 156 Å². The Hall–Kier alpha value is -0.730. The van der Waals surface area contributed by atoms with E-state index in [1.54, 1.807) is 0 Å². The molecule has 2 N–H and O–H groups in total. The highest BCUT2D eigenvalue weighted by molar-refractivity contribution is 5.85. The molecule has 0 aliphatic carbocycles. The highest BCUT2D eigenvalue weighted by atomic mass is 35.5. The molecule has 0 amide bonds. The van der Waals surface area contributed by atoms with E-state index in [4.69, 9.17) is 10.5 Å². The first kappa shape index (κ1) is 23.3. The number of halogens is 1. The summed E-state index contributed by atoms with van der Waals surface area (Å²) in [4.78, 5) is 0. The van der Waals surface area contributed by atoms with E-state index < -0.39 is 0 Å². The maximum Gasteiger partial charge on any atom is 0.119 e. The number of para-hydroxylation sites is 1. The Morgan fingerprint density at radius 1 is 0.875 bits per heavy atom. The molecule has 1 aromatic rings. The molecular weight excluding hydrogens is 318 g/mol. The Kier molecular flexibility index (Phi) is 13.1. The van der Waals surface area contributed by atoms with E-state index in [9.17, 15) is 0 Å². The van der Waals surface area contributed by atoms with Gasteiger partial charge in [0.15, 0.2) is 0 Å². The van der Waals surface area contributed by atoms with E-state index in [1.807, 2.05) is 30.3 Å². The number of nitrogens with two attached hydrogens (primary N) is 1. The molecule has 1 aromatic carbocycles. The summed E-state index contributed by atoms with van der Waals surface area (Å²) in [6.45, 7) is 6.40. The van der Waals surface area contributed by atoms with Gasteiger partial charge in [0.1, 0.15) is 11.9 Å². The number of benzene rings is 1. The van der Waals surface area contributed by atoms with Crippen LogP contribution in [0.3, 0.4) is 0 Å². The largest absolute Gasteiger partial charge is 0.489 e. The van der Waals surface area contributed by atoms with Crippen LogP contribution in [0.5, 0.6) is 5.75 Å². The average Bonchev–Trinajstić information content (AvgIpc) is 2.52. The summed E-state index contributed by atoms with van der Waals surface area (Å²) in [5, 5.41) is 0. The average molecular weight is 356 g/mol. The van der Waals surface area contributed by atoms with E-state index in [0.29, 0.717) is 0 Å². The van der Waals surface area contributed by atoms with Crippen molar-refractivity contribution < 1.29 is 4.74 Å². The predicted molar refractivity (Wildman–Crippen MR) is 108 cm³/mol. The molecule has 0 bridgehead atoms. The summed E-state index contributed by atoms with van der Waals surface area (Å²) in [6.07, 6.45) is 13.3. The van der Waals surface area contributed by atoms with Crippen LogP contribution in [-0.2, 0) is 0 Å². The summed E-state index contributed by atoms with van der Waals surface area (Å²) < 4.78 is 6.13. The van der Waals surface area contributed by atoms with Gasteiger partial charge in [-0.05, 0) is 38.8 Å². The first-order valence-electron chi connectivity index (χ1n) is 9.54. The number of rotatable bonds is 13. The molecule has 0 radical (unpaired) electrons. The standard InChI is InChI=1S/C21H37NO.ClH/c1-4-5-6-7-8-9-10-11-15-18-20(21(2,3)22)23-19-16-13-12-14-17-19;/h12-14,16-17,20H,4-11,15,18,22H2,1-3H3;1H. The van der Waals surface area contributed by atoms with Gasteiger partial charge in [0.25, 0.3) is 0 Å². The Morgan fingerprint density at radius 2 is 1.38 bits per heavy atom. The van der Waals surface area contributed by atoms with Crippen molar-refractivity contribution in [3.05, 3.63) is 30.3 Å². The van der Waals surface area contributed by atoms with Crippen LogP contribution in [0.25, 0.3) is 0 Å². The zero-order valence-electron chi connectivity index (χ0n) is 15.9. The highest BCUT2D eigenvalue weighted by Gasteiger charge is 2.26. The van der Waals surface area contributed by atoms with E-state index in [-0.39, 0.29) is 24.0 Å². The van der Waals surface area contributed by atoms with Crippen LogP contribution in [0.15, 0.2) is 30.3 Å². The summed E-state index contributed by atoms with van der Waals surface area (Å²) >= 11 is 0. The smallest absolute Gasteiger partial charge is 0.119 e. The van der Waals surface area contributed by atoms with Crippen molar-refractivity contribution >= 4 is 12.4 Å². The van der Waals surface area contributed by atoms with E-state index in [1.165, 1.54) is 57.8 Å². The predicted octanol–water partition coefficient (Wildman–Crippen LogP) is 6.51. The second-order valence-electron chi connectivity index (χ2n) is 7.36. The third-order valence-corrected chi connectivity index (χ3v) is 4.42. The molecule has 0 saturated carbocycles. The zero-order valence-corrected chi connectivity index (χ0v) is 16.7. The molecule has 0 fully saturated rings. The third-order valence-electron chi connectivity index (χ3n) is 4.42. The first-order chi connectivity index (χ1) is 11.0. The molecule has 0 heterocycles. The van der Waals surface area contributed by atoms with Crippen molar-refractivity contribution in [2.75, 3.05) is 0 Å². The van der Waals surface area contributed by atoms with Gasteiger partial charge in [-0.2, -0.15) is 0 Å². The lowest BCUT2D eigenvalue weighted by Gasteiger charge is -2.31. The SMILES string of the molecule is CCCCCCCCCCCC(Oc1ccccc1)C(C)(C)N.Cl. The minimum Gasteiger partial charge on any atom is -0.489 e.